The van der Waals surface area contributed by atoms with Crippen LogP contribution >= 0.6 is 0 Å². The number of aliphatic carboxylic acids is 1. The molecule has 2 aliphatic heterocycles. The number of carboxylic acid groups (broad SMARTS) is 1. The van der Waals surface area contributed by atoms with Crippen LogP contribution in [0.25, 0.3) is 0 Å². The van der Waals surface area contributed by atoms with Crippen LogP contribution in [0.4, 0.5) is 5.69 Å². The number of carbonyl (C=O) groups excluding carboxylic acids is 1. The van der Waals surface area contributed by atoms with E-state index in [1.165, 1.54) is 5.56 Å². The lowest BCUT2D eigenvalue weighted by molar-refractivity contribution is -0.166. The molecule has 1 fully saturated rings. The first-order valence-corrected chi connectivity index (χ1v) is 7.53. The van der Waals surface area contributed by atoms with Crippen LogP contribution in [-0.4, -0.2) is 60.3 Å². The topological polar surface area (TPSA) is 70.1 Å². The van der Waals surface area contributed by atoms with Gasteiger partial charge in [-0.05, 0) is 25.0 Å². The van der Waals surface area contributed by atoms with Crippen LogP contribution in [0.1, 0.15) is 12.5 Å². The molecule has 1 amide bonds. The Hall–Kier alpha value is -2.08. The summed E-state index contributed by atoms with van der Waals surface area (Å²) in [6.45, 7) is 3.47. The van der Waals surface area contributed by atoms with Crippen molar-refractivity contribution in [1.29, 1.82) is 0 Å². The highest BCUT2D eigenvalue weighted by Gasteiger charge is 2.33. The second kappa shape index (κ2) is 5.96. The number of benzene rings is 1. The highest BCUT2D eigenvalue weighted by Crippen LogP contribution is 2.27. The van der Waals surface area contributed by atoms with E-state index in [1.807, 2.05) is 18.2 Å². The molecule has 6 heteroatoms. The number of carbonyl (C=O) groups is 2. The van der Waals surface area contributed by atoms with Crippen molar-refractivity contribution in [3.05, 3.63) is 29.8 Å². The SMILES string of the molecule is C[C@@H]1CN(C(=O)CN2CCc3ccccc32)CC(C(=O)O)O1. The number of carboxylic acids is 1. The van der Waals surface area contributed by atoms with Crippen molar-refractivity contribution in [1.82, 2.24) is 4.90 Å². The molecule has 1 N–H and O–H groups in total. The van der Waals surface area contributed by atoms with E-state index in [2.05, 4.69) is 11.0 Å². The standard InChI is InChI=1S/C16H20N2O4/c1-11-8-18(9-14(22-11)16(20)21)15(19)10-17-7-6-12-4-2-3-5-13(12)17/h2-5,11,14H,6-10H2,1H3,(H,20,21)/t11-,14?/m1/s1. The average molecular weight is 304 g/mol. The fourth-order valence-corrected chi connectivity index (χ4v) is 3.13. The molecule has 0 bridgehead atoms. The second-order valence-electron chi connectivity index (χ2n) is 5.87. The number of nitrogens with zero attached hydrogens (tertiary/aromatic N) is 2. The molecule has 2 aliphatic rings. The number of hydrogen-bond donors (Lipinski definition) is 1. The van der Waals surface area contributed by atoms with E-state index < -0.39 is 12.1 Å². The van der Waals surface area contributed by atoms with Gasteiger partial charge >= 0.3 is 5.97 Å². The maximum absolute atomic E-state index is 12.5. The summed E-state index contributed by atoms with van der Waals surface area (Å²) in [5.74, 6) is -1.06. The number of hydrogen-bond acceptors (Lipinski definition) is 4. The van der Waals surface area contributed by atoms with Gasteiger partial charge in [0.1, 0.15) is 0 Å². The molecular formula is C16H20N2O4. The number of rotatable bonds is 3. The molecule has 6 nitrogen and oxygen atoms in total. The first-order valence-electron chi connectivity index (χ1n) is 7.53. The Labute approximate surface area is 129 Å². The molecule has 2 heterocycles. The van der Waals surface area contributed by atoms with Gasteiger partial charge in [0.25, 0.3) is 0 Å². The molecular weight excluding hydrogens is 284 g/mol. The Morgan fingerprint density at radius 2 is 2.09 bits per heavy atom. The van der Waals surface area contributed by atoms with E-state index in [0.29, 0.717) is 6.54 Å². The van der Waals surface area contributed by atoms with Crippen LogP contribution in [-0.2, 0) is 20.7 Å². The zero-order chi connectivity index (χ0) is 15.7. The zero-order valence-corrected chi connectivity index (χ0v) is 12.6. The van der Waals surface area contributed by atoms with Crippen LogP contribution in [0, 0.1) is 0 Å². The molecule has 118 valence electrons. The number of ether oxygens (including phenoxy) is 1. The molecule has 0 aliphatic carbocycles. The fourth-order valence-electron chi connectivity index (χ4n) is 3.13. The summed E-state index contributed by atoms with van der Waals surface area (Å²) >= 11 is 0. The monoisotopic (exact) mass is 304 g/mol. The first-order chi connectivity index (χ1) is 10.5. The third-order valence-corrected chi connectivity index (χ3v) is 4.20. The van der Waals surface area contributed by atoms with Crippen molar-refractivity contribution in [2.45, 2.75) is 25.6 Å². The predicted octanol–water partition coefficient (Wildman–Crippen LogP) is 0.750. The van der Waals surface area contributed by atoms with Gasteiger partial charge in [0, 0.05) is 18.8 Å². The zero-order valence-electron chi connectivity index (χ0n) is 12.6. The molecule has 3 rings (SSSR count). The molecule has 1 aromatic rings. The third kappa shape index (κ3) is 2.92. The van der Waals surface area contributed by atoms with Crippen LogP contribution in [0.15, 0.2) is 24.3 Å². The normalized spacial score (nSPS) is 24.2. The number of amides is 1. The van der Waals surface area contributed by atoms with E-state index in [9.17, 15) is 9.59 Å². The van der Waals surface area contributed by atoms with Gasteiger partial charge in [-0.3, -0.25) is 4.79 Å². The van der Waals surface area contributed by atoms with Crippen molar-refractivity contribution in [3.8, 4) is 0 Å². The quantitative estimate of drug-likeness (QED) is 0.892. The van der Waals surface area contributed by atoms with E-state index in [1.54, 1.807) is 11.8 Å². The van der Waals surface area contributed by atoms with Gasteiger partial charge in [0.05, 0.1) is 19.2 Å². The molecule has 2 atom stereocenters. The van der Waals surface area contributed by atoms with Gasteiger partial charge in [-0.1, -0.05) is 18.2 Å². The number of para-hydroxylation sites is 1. The Morgan fingerprint density at radius 3 is 2.86 bits per heavy atom. The largest absolute Gasteiger partial charge is 0.479 e. The summed E-state index contributed by atoms with van der Waals surface area (Å²) in [4.78, 5) is 27.3. The van der Waals surface area contributed by atoms with Gasteiger partial charge < -0.3 is 19.6 Å². The minimum absolute atomic E-state index is 0.0434. The molecule has 0 radical (unpaired) electrons. The summed E-state index contributed by atoms with van der Waals surface area (Å²) in [7, 11) is 0. The predicted molar refractivity (Wildman–Crippen MR) is 80.9 cm³/mol. The summed E-state index contributed by atoms with van der Waals surface area (Å²) in [5, 5.41) is 9.10. The Bertz CT molecular complexity index is 589. The Balaban J connectivity index is 1.66. The molecule has 22 heavy (non-hydrogen) atoms. The van der Waals surface area contributed by atoms with Crippen LogP contribution in [0.2, 0.25) is 0 Å². The van der Waals surface area contributed by atoms with Crippen molar-refractivity contribution in [3.63, 3.8) is 0 Å². The maximum atomic E-state index is 12.5. The van der Waals surface area contributed by atoms with Crippen molar-refractivity contribution in [2.75, 3.05) is 31.1 Å². The molecule has 1 aromatic carbocycles. The second-order valence-corrected chi connectivity index (χ2v) is 5.87. The highest BCUT2D eigenvalue weighted by molar-refractivity contribution is 5.83. The van der Waals surface area contributed by atoms with Crippen LogP contribution in [0.3, 0.4) is 0 Å². The van der Waals surface area contributed by atoms with Gasteiger partial charge in [0.2, 0.25) is 5.91 Å². The van der Waals surface area contributed by atoms with Crippen molar-refractivity contribution < 1.29 is 19.4 Å². The van der Waals surface area contributed by atoms with Gasteiger partial charge in [0.15, 0.2) is 6.10 Å². The van der Waals surface area contributed by atoms with E-state index in [0.717, 1.165) is 18.7 Å². The molecule has 1 saturated heterocycles. The highest BCUT2D eigenvalue weighted by atomic mass is 16.5. The number of anilines is 1. The number of fused-ring (bicyclic) bond motifs is 1. The van der Waals surface area contributed by atoms with Gasteiger partial charge in [-0.2, -0.15) is 0 Å². The van der Waals surface area contributed by atoms with E-state index >= 15 is 0 Å². The number of morpholine rings is 1. The summed E-state index contributed by atoms with van der Waals surface area (Å²) < 4.78 is 5.35. The maximum Gasteiger partial charge on any atom is 0.334 e. The molecule has 0 aromatic heterocycles. The van der Waals surface area contributed by atoms with Crippen LogP contribution < -0.4 is 4.90 Å². The first kappa shape index (κ1) is 14.8. The summed E-state index contributed by atoms with van der Waals surface area (Å²) in [6.07, 6.45) is -0.246. The summed E-state index contributed by atoms with van der Waals surface area (Å²) in [6, 6.07) is 8.08. The molecule has 0 saturated carbocycles. The minimum Gasteiger partial charge on any atom is -0.479 e. The Morgan fingerprint density at radius 1 is 1.32 bits per heavy atom. The average Bonchev–Trinajstić information content (AvgIpc) is 2.90. The van der Waals surface area contributed by atoms with Crippen LogP contribution in [0.5, 0.6) is 0 Å². The van der Waals surface area contributed by atoms with Crippen molar-refractivity contribution >= 4 is 17.6 Å². The smallest absolute Gasteiger partial charge is 0.334 e. The summed E-state index contributed by atoms with van der Waals surface area (Å²) in [5.41, 5.74) is 2.36. The molecule has 0 spiro atoms. The van der Waals surface area contributed by atoms with Crippen molar-refractivity contribution in [2.24, 2.45) is 0 Å². The lowest BCUT2D eigenvalue weighted by Gasteiger charge is -2.36. The molecule has 1 unspecified atom stereocenters. The minimum atomic E-state index is -1.02. The fraction of sp³-hybridized carbons (Fsp3) is 0.500. The lowest BCUT2D eigenvalue weighted by Crippen LogP contribution is -2.53. The van der Waals surface area contributed by atoms with Gasteiger partial charge in [-0.25, -0.2) is 4.79 Å². The Kier molecular flexibility index (Phi) is 4.02. The van der Waals surface area contributed by atoms with E-state index in [4.69, 9.17) is 9.84 Å². The lowest BCUT2D eigenvalue weighted by atomic mass is 10.2. The van der Waals surface area contributed by atoms with E-state index in [-0.39, 0.29) is 25.1 Å². The third-order valence-electron chi connectivity index (χ3n) is 4.20. The van der Waals surface area contributed by atoms with Gasteiger partial charge in [-0.15, -0.1) is 0 Å².